The van der Waals surface area contributed by atoms with E-state index in [2.05, 4.69) is 20.8 Å². The molecule has 1 N–H and O–H groups in total. The van der Waals surface area contributed by atoms with Crippen LogP contribution in [-0.2, 0) is 28.5 Å². The van der Waals surface area contributed by atoms with Gasteiger partial charge in [-0.15, -0.1) is 0 Å². The van der Waals surface area contributed by atoms with Crippen molar-refractivity contribution in [3.63, 3.8) is 0 Å². The van der Waals surface area contributed by atoms with Gasteiger partial charge in [0.25, 0.3) is 0 Å². The summed E-state index contributed by atoms with van der Waals surface area (Å²) in [6.07, 6.45) is 5.58. The van der Waals surface area contributed by atoms with Crippen molar-refractivity contribution in [3.8, 4) is 0 Å². The zero-order valence-electron chi connectivity index (χ0n) is 20.9. The van der Waals surface area contributed by atoms with Gasteiger partial charge in [-0.3, -0.25) is 0 Å². The van der Waals surface area contributed by atoms with Crippen LogP contribution in [0.3, 0.4) is 0 Å². The van der Waals surface area contributed by atoms with Crippen LogP contribution >= 0.6 is 0 Å². The standard InChI is InChI=1S/C27H34O8/c1-14-20-21(23(29)31-5)35-27(14)26(30,13-24(20,2)3)11-16-17-10-19(28)33-22(15-7-9-32-12-15)25(17,4)8-6-18(16)34-27/h7,9-10,12,14,16,18,20-22,30H,6,8,11,13H2,1-5H3/t14-,16+,18-,20-,21+,22-,25+,26-,27-/m0/s1. The van der Waals surface area contributed by atoms with E-state index >= 15 is 0 Å². The smallest absolute Gasteiger partial charge is 0.335 e. The lowest BCUT2D eigenvalue weighted by molar-refractivity contribution is -0.383. The predicted molar refractivity (Wildman–Crippen MR) is 122 cm³/mol. The van der Waals surface area contributed by atoms with Crippen LogP contribution in [-0.4, -0.2) is 47.8 Å². The Labute approximate surface area is 204 Å². The lowest BCUT2D eigenvalue weighted by Crippen LogP contribution is -2.70. The number of carbonyl (C=O) groups is 2. The van der Waals surface area contributed by atoms with Gasteiger partial charge in [-0.2, -0.15) is 0 Å². The van der Waals surface area contributed by atoms with Gasteiger partial charge in [0.15, 0.2) is 6.10 Å². The minimum atomic E-state index is -1.33. The fraction of sp³-hybridized carbons (Fsp3) is 0.704. The first-order valence-electron chi connectivity index (χ1n) is 12.6. The molecule has 8 nitrogen and oxygen atoms in total. The van der Waals surface area contributed by atoms with E-state index in [-0.39, 0.29) is 29.3 Å². The highest BCUT2D eigenvalue weighted by Crippen LogP contribution is 2.68. The van der Waals surface area contributed by atoms with Crippen LogP contribution in [0.15, 0.2) is 34.7 Å². The monoisotopic (exact) mass is 486 g/mol. The molecule has 2 saturated heterocycles. The van der Waals surface area contributed by atoms with Crippen molar-refractivity contribution in [2.24, 2.45) is 28.6 Å². The third-order valence-electron chi connectivity index (χ3n) is 9.77. The van der Waals surface area contributed by atoms with E-state index in [1.165, 1.54) is 7.11 Å². The third-order valence-corrected chi connectivity index (χ3v) is 9.77. The maximum atomic E-state index is 12.7. The van der Waals surface area contributed by atoms with Crippen LogP contribution in [0, 0.1) is 28.6 Å². The van der Waals surface area contributed by atoms with E-state index < -0.39 is 40.9 Å². The summed E-state index contributed by atoms with van der Waals surface area (Å²) in [6.45, 7) is 8.28. The Morgan fingerprint density at radius 2 is 2.00 bits per heavy atom. The van der Waals surface area contributed by atoms with Gasteiger partial charge in [0.1, 0.15) is 11.7 Å². The van der Waals surface area contributed by atoms with Crippen LogP contribution in [0.5, 0.6) is 0 Å². The lowest BCUT2D eigenvalue weighted by Gasteiger charge is -2.62. The molecule has 2 saturated carbocycles. The summed E-state index contributed by atoms with van der Waals surface area (Å²) in [6, 6.07) is 1.84. The van der Waals surface area contributed by atoms with Crippen LogP contribution < -0.4 is 0 Å². The summed E-state index contributed by atoms with van der Waals surface area (Å²) in [4.78, 5) is 25.4. The third kappa shape index (κ3) is 2.90. The Balaban J connectivity index is 1.41. The summed E-state index contributed by atoms with van der Waals surface area (Å²) in [5.74, 6) is -2.64. The molecule has 8 heteroatoms. The quantitative estimate of drug-likeness (QED) is 0.631. The van der Waals surface area contributed by atoms with Gasteiger partial charge in [-0.05, 0) is 42.7 Å². The Morgan fingerprint density at radius 3 is 2.69 bits per heavy atom. The molecule has 2 aliphatic carbocycles. The van der Waals surface area contributed by atoms with Crippen LogP contribution in [0.2, 0.25) is 0 Å². The van der Waals surface area contributed by atoms with Gasteiger partial charge >= 0.3 is 11.9 Å². The molecule has 2 bridgehead atoms. The predicted octanol–water partition coefficient (Wildman–Crippen LogP) is 3.69. The molecule has 1 spiro atoms. The van der Waals surface area contributed by atoms with Crippen molar-refractivity contribution in [3.05, 3.63) is 35.8 Å². The minimum Gasteiger partial charge on any atom is -0.472 e. The molecule has 190 valence electrons. The number of fused-ring (bicyclic) bond motifs is 4. The normalized spacial score (nSPS) is 47.6. The maximum Gasteiger partial charge on any atom is 0.335 e. The molecular formula is C27H34O8. The number of aliphatic hydroxyl groups is 1. The Kier molecular flexibility index (Phi) is 4.79. The number of cyclic esters (lactones) is 1. The summed E-state index contributed by atoms with van der Waals surface area (Å²) in [7, 11) is 1.36. The second-order valence-corrected chi connectivity index (χ2v) is 12.1. The van der Waals surface area contributed by atoms with Gasteiger partial charge in [-0.25, -0.2) is 9.59 Å². The fourth-order valence-electron chi connectivity index (χ4n) is 8.46. The molecular weight excluding hydrogens is 452 g/mol. The summed E-state index contributed by atoms with van der Waals surface area (Å²) in [5.41, 5.74) is -0.378. The maximum absolute atomic E-state index is 12.7. The van der Waals surface area contributed by atoms with E-state index in [1.54, 1.807) is 18.6 Å². The summed E-state index contributed by atoms with van der Waals surface area (Å²) >= 11 is 0. The van der Waals surface area contributed by atoms with Crippen molar-refractivity contribution in [2.45, 2.75) is 83.1 Å². The second-order valence-electron chi connectivity index (χ2n) is 12.1. The average Bonchev–Trinajstić information content (AvgIpc) is 3.40. The topological polar surface area (TPSA) is 104 Å². The Bertz CT molecular complexity index is 1090. The molecule has 0 aromatic carbocycles. The molecule has 9 atom stereocenters. The minimum absolute atomic E-state index is 0.144. The molecule has 0 radical (unpaired) electrons. The van der Waals surface area contributed by atoms with Crippen molar-refractivity contribution >= 4 is 11.9 Å². The van der Waals surface area contributed by atoms with Crippen LogP contribution in [0.4, 0.5) is 0 Å². The zero-order chi connectivity index (χ0) is 25.0. The highest BCUT2D eigenvalue weighted by molar-refractivity contribution is 5.85. The number of rotatable bonds is 2. The number of hydrogen-bond acceptors (Lipinski definition) is 8. The lowest BCUT2D eigenvalue weighted by atomic mass is 9.51. The van der Waals surface area contributed by atoms with E-state index in [1.807, 2.05) is 13.0 Å². The molecule has 0 unspecified atom stereocenters. The number of carbonyl (C=O) groups excluding carboxylic acids is 2. The van der Waals surface area contributed by atoms with Crippen LogP contribution in [0.25, 0.3) is 0 Å². The van der Waals surface area contributed by atoms with Gasteiger partial charge < -0.3 is 28.5 Å². The van der Waals surface area contributed by atoms with Crippen molar-refractivity contribution in [1.29, 1.82) is 0 Å². The first kappa shape index (κ1) is 23.3. The Hall–Kier alpha value is -2.16. The molecule has 1 aromatic heterocycles. The van der Waals surface area contributed by atoms with Crippen molar-refractivity contribution in [2.75, 3.05) is 7.11 Å². The molecule has 1 aromatic rings. The van der Waals surface area contributed by atoms with Crippen molar-refractivity contribution in [1.82, 2.24) is 0 Å². The van der Waals surface area contributed by atoms with E-state index in [9.17, 15) is 14.7 Å². The average molecular weight is 487 g/mol. The molecule has 4 fully saturated rings. The molecule has 5 aliphatic rings. The van der Waals surface area contributed by atoms with Gasteiger partial charge in [0, 0.05) is 34.8 Å². The number of furan rings is 1. The largest absolute Gasteiger partial charge is 0.472 e. The van der Waals surface area contributed by atoms with Gasteiger partial charge in [0.05, 0.1) is 25.7 Å². The molecule has 0 amide bonds. The van der Waals surface area contributed by atoms with Crippen molar-refractivity contribution < 1.29 is 38.1 Å². The number of esters is 2. The molecule has 4 heterocycles. The molecule has 3 aliphatic heterocycles. The van der Waals surface area contributed by atoms with E-state index in [4.69, 9.17) is 23.4 Å². The summed E-state index contributed by atoms with van der Waals surface area (Å²) < 4.78 is 29.4. The Morgan fingerprint density at radius 1 is 1.23 bits per heavy atom. The number of methoxy groups -OCH3 is 1. The van der Waals surface area contributed by atoms with Gasteiger partial charge in [0.2, 0.25) is 5.79 Å². The number of hydrogen-bond donors (Lipinski definition) is 1. The highest BCUT2D eigenvalue weighted by Gasteiger charge is 2.76. The zero-order valence-corrected chi connectivity index (χ0v) is 20.9. The van der Waals surface area contributed by atoms with E-state index in [0.29, 0.717) is 12.8 Å². The van der Waals surface area contributed by atoms with Gasteiger partial charge in [-0.1, -0.05) is 27.7 Å². The molecule has 6 rings (SSSR count). The fourth-order valence-corrected chi connectivity index (χ4v) is 8.46. The van der Waals surface area contributed by atoms with Crippen LogP contribution in [0.1, 0.15) is 65.0 Å². The van der Waals surface area contributed by atoms with E-state index in [0.717, 1.165) is 24.0 Å². The summed E-state index contributed by atoms with van der Waals surface area (Å²) in [5, 5.41) is 12.3. The SMILES string of the molecule is COC(=O)[C@@H]1O[C@]23O[C@H]4CC[C@]5(C)C(=CC(=O)O[C@H]5c5ccoc5)[C@H]4C[C@]2(O)CC(C)(C)[C@H]1[C@@H]3C. The first-order valence-corrected chi connectivity index (χ1v) is 12.6. The number of ether oxygens (including phenoxy) is 4. The first-order chi connectivity index (χ1) is 16.5. The second kappa shape index (κ2) is 7.20. The highest BCUT2D eigenvalue weighted by atomic mass is 16.7. The molecule has 35 heavy (non-hydrogen) atoms.